The number of phenolic OH excluding ortho intramolecular Hbond substituents is 1. The van der Waals surface area contributed by atoms with Crippen LogP contribution in [0, 0.1) is 17.8 Å². The Morgan fingerprint density at radius 1 is 1.04 bits per heavy atom. The van der Waals surface area contributed by atoms with Crippen molar-refractivity contribution in [3.8, 4) is 17.6 Å². The van der Waals surface area contributed by atoms with Gasteiger partial charge in [0.15, 0.2) is 0 Å². The van der Waals surface area contributed by atoms with E-state index < -0.39 is 0 Å². The fourth-order valence-electron chi connectivity index (χ4n) is 2.97. The second-order valence-corrected chi connectivity index (χ2v) is 6.32. The minimum absolute atomic E-state index is 0.0104. The van der Waals surface area contributed by atoms with Gasteiger partial charge in [0, 0.05) is 36.4 Å². The van der Waals surface area contributed by atoms with Gasteiger partial charge in [-0.3, -0.25) is 4.79 Å². The van der Waals surface area contributed by atoms with Gasteiger partial charge in [0.1, 0.15) is 5.75 Å². The highest BCUT2D eigenvalue weighted by atomic mass is 16.3. The molecule has 128 valence electrons. The molecule has 1 atom stereocenters. The van der Waals surface area contributed by atoms with Crippen LogP contribution in [-0.2, 0) is 0 Å². The Bertz CT molecular complexity index is 785. The third kappa shape index (κ3) is 4.40. The van der Waals surface area contributed by atoms with Crippen LogP contribution >= 0.6 is 0 Å². The molecule has 25 heavy (non-hydrogen) atoms. The number of aromatic hydroxyl groups is 1. The van der Waals surface area contributed by atoms with Crippen molar-refractivity contribution in [2.75, 3.05) is 19.7 Å². The summed E-state index contributed by atoms with van der Waals surface area (Å²) in [7, 11) is 0. The average molecular weight is 335 g/mol. The largest absolute Gasteiger partial charge is 0.508 e. The fourth-order valence-corrected chi connectivity index (χ4v) is 2.97. The molecule has 0 bridgehead atoms. The predicted molar refractivity (Wildman–Crippen MR) is 96.2 cm³/mol. The van der Waals surface area contributed by atoms with E-state index in [0.29, 0.717) is 12.1 Å². The molecule has 2 N–H and O–H groups in total. The number of carbonyl (C=O) groups excluding carboxylic acids is 1. The monoisotopic (exact) mass is 335 g/mol. The summed E-state index contributed by atoms with van der Waals surface area (Å²) in [6.07, 6.45) is 1.92. The fraction of sp³-hybridized carbons (Fsp3) is 0.286. The van der Waals surface area contributed by atoms with Crippen LogP contribution in [0.4, 0.5) is 0 Å². The summed E-state index contributed by atoms with van der Waals surface area (Å²) in [5.74, 6) is 6.50. The number of carbonyl (C=O) groups is 1. The molecule has 0 aromatic heterocycles. The van der Waals surface area contributed by atoms with E-state index in [2.05, 4.69) is 11.8 Å². The summed E-state index contributed by atoms with van der Waals surface area (Å²) in [5.41, 5.74) is 2.30. The van der Waals surface area contributed by atoms with E-state index in [1.165, 1.54) is 0 Å². The van der Waals surface area contributed by atoms with Gasteiger partial charge >= 0.3 is 0 Å². The summed E-state index contributed by atoms with van der Waals surface area (Å²) >= 11 is 0. The molecule has 1 aliphatic heterocycles. The molecule has 1 saturated heterocycles. The lowest BCUT2D eigenvalue weighted by Crippen LogP contribution is -2.40. The molecule has 0 spiro atoms. The van der Waals surface area contributed by atoms with Crippen molar-refractivity contribution in [1.29, 1.82) is 0 Å². The first-order valence-electron chi connectivity index (χ1n) is 8.47. The Balaban J connectivity index is 1.68. The molecule has 4 nitrogen and oxygen atoms in total. The van der Waals surface area contributed by atoms with Crippen LogP contribution in [0.1, 0.15) is 34.3 Å². The summed E-state index contributed by atoms with van der Waals surface area (Å²) < 4.78 is 0. The van der Waals surface area contributed by atoms with Gasteiger partial charge in [0.25, 0.3) is 5.91 Å². The molecule has 2 aromatic carbocycles. The van der Waals surface area contributed by atoms with Crippen LogP contribution in [0.3, 0.4) is 0 Å². The van der Waals surface area contributed by atoms with Gasteiger partial charge in [-0.15, -0.1) is 0 Å². The molecule has 0 unspecified atom stereocenters. The van der Waals surface area contributed by atoms with Crippen molar-refractivity contribution in [3.05, 3.63) is 65.2 Å². The number of piperidine rings is 1. The van der Waals surface area contributed by atoms with E-state index in [-0.39, 0.29) is 24.2 Å². The number of aliphatic hydroxyl groups excluding tert-OH is 1. The molecule has 0 radical (unpaired) electrons. The molecule has 1 fully saturated rings. The van der Waals surface area contributed by atoms with Crippen LogP contribution in [0.15, 0.2) is 48.5 Å². The SMILES string of the molecule is O=C(c1ccc(C#Cc2ccc(O)cc2)cc1)N1CCC[C@@H](CO)C1. The number of hydrogen-bond donors (Lipinski definition) is 2. The van der Waals surface area contributed by atoms with Crippen molar-refractivity contribution in [3.63, 3.8) is 0 Å². The summed E-state index contributed by atoms with van der Waals surface area (Å²) in [6, 6.07) is 14.0. The van der Waals surface area contributed by atoms with Crippen LogP contribution in [-0.4, -0.2) is 40.7 Å². The molecule has 3 rings (SSSR count). The number of phenols is 1. The molecule has 0 aliphatic carbocycles. The van der Waals surface area contributed by atoms with Gasteiger partial charge in [-0.2, -0.15) is 0 Å². The van der Waals surface area contributed by atoms with E-state index in [1.54, 1.807) is 36.4 Å². The zero-order valence-electron chi connectivity index (χ0n) is 14.0. The summed E-state index contributed by atoms with van der Waals surface area (Å²) in [6.45, 7) is 1.51. The standard InChI is InChI=1S/C21H21NO3/c23-15-18-2-1-13-22(14-18)21(25)19-9-5-16(6-10-19)3-4-17-7-11-20(24)12-8-17/h5-12,18,23-24H,1-2,13-15H2/t18-/m1/s1. The van der Waals surface area contributed by atoms with E-state index >= 15 is 0 Å². The number of aliphatic hydroxyl groups is 1. The molecular weight excluding hydrogens is 314 g/mol. The molecular formula is C21H21NO3. The van der Waals surface area contributed by atoms with Crippen molar-refractivity contribution < 1.29 is 15.0 Å². The topological polar surface area (TPSA) is 60.8 Å². The third-order valence-corrected chi connectivity index (χ3v) is 4.41. The number of amides is 1. The van der Waals surface area contributed by atoms with Crippen molar-refractivity contribution in [2.45, 2.75) is 12.8 Å². The van der Waals surface area contributed by atoms with E-state index in [9.17, 15) is 15.0 Å². The molecule has 1 amide bonds. The first kappa shape index (κ1) is 17.1. The highest BCUT2D eigenvalue weighted by molar-refractivity contribution is 5.94. The number of rotatable bonds is 2. The van der Waals surface area contributed by atoms with Crippen molar-refractivity contribution in [2.24, 2.45) is 5.92 Å². The number of nitrogens with zero attached hydrogens (tertiary/aromatic N) is 1. The number of likely N-dealkylation sites (tertiary alicyclic amines) is 1. The van der Waals surface area contributed by atoms with E-state index in [4.69, 9.17) is 0 Å². The maximum Gasteiger partial charge on any atom is 0.253 e. The van der Waals surface area contributed by atoms with Gasteiger partial charge < -0.3 is 15.1 Å². The smallest absolute Gasteiger partial charge is 0.253 e. The Morgan fingerprint density at radius 2 is 1.64 bits per heavy atom. The molecule has 0 saturated carbocycles. The number of hydrogen-bond acceptors (Lipinski definition) is 3. The lowest BCUT2D eigenvalue weighted by molar-refractivity contribution is 0.0620. The predicted octanol–water partition coefficient (Wildman–Crippen LogP) is 2.64. The Kier molecular flexibility index (Phi) is 5.37. The second-order valence-electron chi connectivity index (χ2n) is 6.32. The average Bonchev–Trinajstić information content (AvgIpc) is 2.67. The van der Waals surface area contributed by atoms with Crippen molar-refractivity contribution >= 4 is 5.91 Å². The molecule has 2 aromatic rings. The second kappa shape index (κ2) is 7.87. The lowest BCUT2D eigenvalue weighted by atomic mass is 9.98. The first-order valence-corrected chi connectivity index (χ1v) is 8.47. The Hall–Kier alpha value is -2.77. The quantitative estimate of drug-likeness (QED) is 0.830. The molecule has 4 heteroatoms. The van der Waals surface area contributed by atoms with Crippen molar-refractivity contribution in [1.82, 2.24) is 4.90 Å². The first-order chi connectivity index (χ1) is 12.2. The minimum Gasteiger partial charge on any atom is -0.508 e. The van der Waals surface area contributed by atoms with Crippen LogP contribution in [0.5, 0.6) is 5.75 Å². The van der Waals surface area contributed by atoms with Crippen LogP contribution < -0.4 is 0 Å². The zero-order valence-corrected chi connectivity index (χ0v) is 14.0. The maximum atomic E-state index is 12.6. The Labute approximate surface area is 147 Å². The normalized spacial score (nSPS) is 16.8. The van der Waals surface area contributed by atoms with Gasteiger partial charge in [-0.1, -0.05) is 11.8 Å². The minimum atomic E-state index is 0.0104. The summed E-state index contributed by atoms with van der Waals surface area (Å²) in [5, 5.41) is 18.6. The molecule has 1 aliphatic rings. The Morgan fingerprint density at radius 3 is 2.24 bits per heavy atom. The maximum absolute atomic E-state index is 12.6. The van der Waals surface area contributed by atoms with E-state index in [0.717, 1.165) is 30.5 Å². The van der Waals surface area contributed by atoms with Gasteiger partial charge in [0.2, 0.25) is 0 Å². The third-order valence-electron chi connectivity index (χ3n) is 4.41. The summed E-state index contributed by atoms with van der Waals surface area (Å²) in [4.78, 5) is 14.4. The van der Waals surface area contributed by atoms with Crippen LogP contribution in [0.2, 0.25) is 0 Å². The highest BCUT2D eigenvalue weighted by Crippen LogP contribution is 2.18. The lowest BCUT2D eigenvalue weighted by Gasteiger charge is -2.31. The highest BCUT2D eigenvalue weighted by Gasteiger charge is 2.23. The van der Waals surface area contributed by atoms with Gasteiger partial charge in [0.05, 0.1) is 0 Å². The van der Waals surface area contributed by atoms with Crippen LogP contribution in [0.25, 0.3) is 0 Å². The molecule has 1 heterocycles. The zero-order chi connectivity index (χ0) is 17.6. The number of benzene rings is 2. The van der Waals surface area contributed by atoms with Gasteiger partial charge in [-0.05, 0) is 67.3 Å². The van der Waals surface area contributed by atoms with E-state index in [1.807, 2.05) is 17.0 Å². The van der Waals surface area contributed by atoms with Gasteiger partial charge in [-0.25, -0.2) is 0 Å².